The van der Waals surface area contributed by atoms with E-state index in [0.29, 0.717) is 30.6 Å². The fraction of sp³-hybridized carbons (Fsp3) is 0.333. The Bertz CT molecular complexity index is 1600. The van der Waals surface area contributed by atoms with Crippen molar-refractivity contribution in [1.29, 1.82) is 0 Å². The normalized spacial score (nSPS) is 17.9. The molecule has 230 valence electrons. The predicted molar refractivity (Wildman–Crippen MR) is 169 cm³/mol. The summed E-state index contributed by atoms with van der Waals surface area (Å²) in [5.41, 5.74) is 5.33. The number of carbonyl (C=O) groups is 2. The first-order valence-corrected chi connectivity index (χ1v) is 15.0. The van der Waals surface area contributed by atoms with Crippen LogP contribution in [0, 0.1) is 5.82 Å². The van der Waals surface area contributed by atoms with Gasteiger partial charge in [0.1, 0.15) is 5.82 Å². The van der Waals surface area contributed by atoms with Crippen molar-refractivity contribution < 1.29 is 28.6 Å². The minimum absolute atomic E-state index is 0.0463. The molecule has 1 aliphatic heterocycles. The average molecular weight is 599 g/mol. The van der Waals surface area contributed by atoms with E-state index in [1.54, 1.807) is 26.0 Å². The van der Waals surface area contributed by atoms with Gasteiger partial charge in [-0.3, -0.25) is 9.59 Å². The van der Waals surface area contributed by atoms with Crippen LogP contribution in [0.2, 0.25) is 0 Å². The summed E-state index contributed by atoms with van der Waals surface area (Å²) in [7, 11) is 0. The smallest absolute Gasteiger partial charge is 0.305 e. The number of nitrogens with zero attached hydrogens (tertiary/aromatic N) is 1. The summed E-state index contributed by atoms with van der Waals surface area (Å²) in [4.78, 5) is 25.7. The number of ether oxygens (including phenoxy) is 2. The van der Waals surface area contributed by atoms with Crippen LogP contribution in [0.5, 0.6) is 0 Å². The van der Waals surface area contributed by atoms with Crippen molar-refractivity contribution in [3.8, 4) is 22.4 Å². The van der Waals surface area contributed by atoms with E-state index < -0.39 is 17.9 Å². The number of nitrogens with one attached hydrogen (secondary N) is 1. The van der Waals surface area contributed by atoms with Crippen LogP contribution in [0.1, 0.15) is 68.9 Å². The number of benzene rings is 3. The number of rotatable bonds is 10. The molecule has 1 unspecified atom stereocenters. The van der Waals surface area contributed by atoms with Gasteiger partial charge in [-0.05, 0) is 73.7 Å². The molecule has 1 amide bonds. The van der Waals surface area contributed by atoms with Crippen LogP contribution in [-0.2, 0) is 20.8 Å². The third kappa shape index (κ3) is 7.09. The molecule has 2 N–H and O–H groups in total. The van der Waals surface area contributed by atoms with E-state index in [0.717, 1.165) is 28.1 Å². The Morgan fingerprint density at radius 3 is 2.16 bits per heavy atom. The zero-order chi connectivity index (χ0) is 31.4. The average Bonchev–Trinajstić information content (AvgIpc) is 3.32. The predicted octanol–water partition coefficient (Wildman–Crippen LogP) is 8.11. The molecule has 1 fully saturated rings. The largest absolute Gasteiger partial charge is 0.481 e. The molecule has 1 aromatic heterocycles. The molecule has 1 saturated heterocycles. The van der Waals surface area contributed by atoms with Crippen molar-refractivity contribution in [3.63, 3.8) is 0 Å². The van der Waals surface area contributed by atoms with Crippen LogP contribution in [0.25, 0.3) is 22.4 Å². The number of amides is 1. The van der Waals surface area contributed by atoms with Crippen LogP contribution in [-0.4, -0.2) is 39.5 Å². The second-order valence-corrected chi connectivity index (χ2v) is 12.0. The molecule has 0 radical (unpaired) electrons. The molecular formula is C36H39FN2O5. The standard InChI is InChI=1S/C36H39FN2O5/c1-23(2)33-32(35(42)38-27-13-9-6-10-14-27)31(24-11-7-5-8-12-24)34(25-15-17-26(37)18-16-25)39(33)20-19-28-21-29(22-30(40)41)44-36(3,4)43-28/h5-18,23,28-29H,19-22H2,1-4H3,(H,38,42)(H,40,41)/t28-,29?/m0/s1. The van der Waals surface area contributed by atoms with Gasteiger partial charge in [0, 0.05) is 29.9 Å². The Labute approximate surface area is 257 Å². The topological polar surface area (TPSA) is 89.8 Å². The van der Waals surface area contributed by atoms with Gasteiger partial charge in [-0.25, -0.2) is 4.39 Å². The number of carboxylic acids is 1. The highest BCUT2D eigenvalue weighted by atomic mass is 19.1. The summed E-state index contributed by atoms with van der Waals surface area (Å²) in [5, 5.41) is 12.5. The zero-order valence-electron chi connectivity index (χ0n) is 25.5. The van der Waals surface area contributed by atoms with Crippen molar-refractivity contribution >= 4 is 17.6 Å². The maximum absolute atomic E-state index is 14.2. The van der Waals surface area contributed by atoms with Crippen LogP contribution < -0.4 is 5.32 Å². The van der Waals surface area contributed by atoms with E-state index in [1.165, 1.54) is 12.1 Å². The molecule has 0 bridgehead atoms. The monoisotopic (exact) mass is 598 g/mol. The van der Waals surface area contributed by atoms with Crippen molar-refractivity contribution in [2.45, 2.75) is 77.4 Å². The van der Waals surface area contributed by atoms with Gasteiger partial charge < -0.3 is 24.5 Å². The third-order valence-corrected chi connectivity index (χ3v) is 7.79. The summed E-state index contributed by atoms with van der Waals surface area (Å²) in [6.45, 7) is 8.20. The summed E-state index contributed by atoms with van der Waals surface area (Å²) in [5.74, 6) is -2.47. The zero-order valence-corrected chi connectivity index (χ0v) is 25.5. The summed E-state index contributed by atoms with van der Waals surface area (Å²) in [6.07, 6.45) is 0.145. The maximum Gasteiger partial charge on any atom is 0.305 e. The quantitative estimate of drug-likeness (QED) is 0.192. The first-order valence-electron chi connectivity index (χ1n) is 15.0. The number of anilines is 1. The minimum atomic E-state index is -0.934. The van der Waals surface area contributed by atoms with E-state index in [9.17, 15) is 19.1 Å². The van der Waals surface area contributed by atoms with Gasteiger partial charge in [0.15, 0.2) is 5.79 Å². The highest BCUT2D eigenvalue weighted by Gasteiger charge is 2.37. The van der Waals surface area contributed by atoms with Gasteiger partial charge in [-0.15, -0.1) is 0 Å². The van der Waals surface area contributed by atoms with Gasteiger partial charge in [-0.1, -0.05) is 62.4 Å². The first-order chi connectivity index (χ1) is 21.0. The van der Waals surface area contributed by atoms with Gasteiger partial charge in [0.05, 0.1) is 29.9 Å². The molecule has 44 heavy (non-hydrogen) atoms. The molecule has 4 aromatic rings. The molecule has 2 heterocycles. The molecule has 7 nitrogen and oxygen atoms in total. The van der Waals surface area contributed by atoms with Crippen molar-refractivity contribution in [1.82, 2.24) is 4.57 Å². The molecule has 0 saturated carbocycles. The summed E-state index contributed by atoms with van der Waals surface area (Å²) < 4.78 is 28.5. The van der Waals surface area contributed by atoms with E-state index in [-0.39, 0.29) is 30.2 Å². The van der Waals surface area contributed by atoms with Gasteiger partial charge in [-0.2, -0.15) is 0 Å². The van der Waals surface area contributed by atoms with Crippen molar-refractivity contribution in [2.75, 3.05) is 5.32 Å². The number of para-hydroxylation sites is 1. The SMILES string of the molecule is CC(C)c1c(C(=O)Nc2ccccc2)c(-c2ccccc2)c(-c2ccc(F)cc2)n1CC[C@H]1CC(CC(=O)O)OC(C)(C)O1. The second-order valence-electron chi connectivity index (χ2n) is 12.0. The Hall–Kier alpha value is -4.27. The second kappa shape index (κ2) is 13.2. The third-order valence-electron chi connectivity index (χ3n) is 7.79. The van der Waals surface area contributed by atoms with Gasteiger partial charge in [0.25, 0.3) is 5.91 Å². The number of carbonyl (C=O) groups excluding carboxylic acids is 1. The molecule has 2 atom stereocenters. The van der Waals surface area contributed by atoms with Gasteiger partial charge >= 0.3 is 5.97 Å². The number of carboxylic acid groups (broad SMARTS) is 1. The van der Waals surface area contributed by atoms with Crippen LogP contribution >= 0.6 is 0 Å². The number of aliphatic carboxylic acids is 1. The molecule has 0 aliphatic carbocycles. The number of hydrogen-bond acceptors (Lipinski definition) is 4. The lowest BCUT2D eigenvalue weighted by Crippen LogP contribution is -2.45. The van der Waals surface area contributed by atoms with E-state index in [1.807, 2.05) is 60.7 Å². The van der Waals surface area contributed by atoms with Crippen molar-refractivity contribution in [2.24, 2.45) is 0 Å². The van der Waals surface area contributed by atoms with E-state index >= 15 is 0 Å². The van der Waals surface area contributed by atoms with Crippen molar-refractivity contribution in [3.05, 3.63) is 102 Å². The fourth-order valence-corrected chi connectivity index (χ4v) is 6.20. The molecule has 0 spiro atoms. The van der Waals surface area contributed by atoms with Crippen LogP contribution in [0.3, 0.4) is 0 Å². The number of halogens is 1. The summed E-state index contributed by atoms with van der Waals surface area (Å²) >= 11 is 0. The Kier molecular flexibility index (Phi) is 9.32. The Morgan fingerprint density at radius 2 is 1.55 bits per heavy atom. The number of hydrogen-bond donors (Lipinski definition) is 2. The van der Waals surface area contributed by atoms with E-state index in [2.05, 4.69) is 23.7 Å². The van der Waals surface area contributed by atoms with E-state index in [4.69, 9.17) is 9.47 Å². The lowest BCUT2D eigenvalue weighted by Gasteiger charge is -2.40. The lowest BCUT2D eigenvalue weighted by molar-refractivity contribution is -0.300. The molecule has 3 aromatic carbocycles. The molecular weight excluding hydrogens is 559 g/mol. The summed E-state index contributed by atoms with van der Waals surface area (Å²) in [6, 6.07) is 25.5. The molecule has 1 aliphatic rings. The first kappa shape index (κ1) is 31.2. The van der Waals surface area contributed by atoms with Gasteiger partial charge in [0.2, 0.25) is 0 Å². The Morgan fingerprint density at radius 1 is 0.932 bits per heavy atom. The fourth-order valence-electron chi connectivity index (χ4n) is 6.20. The van der Waals surface area contributed by atoms with Crippen LogP contribution in [0.15, 0.2) is 84.9 Å². The highest BCUT2D eigenvalue weighted by Crippen LogP contribution is 2.43. The maximum atomic E-state index is 14.2. The molecule has 8 heteroatoms. The Balaban J connectivity index is 1.66. The molecule has 5 rings (SSSR count). The minimum Gasteiger partial charge on any atom is -0.481 e. The lowest BCUT2D eigenvalue weighted by atomic mass is 9.94. The van der Waals surface area contributed by atoms with Crippen LogP contribution in [0.4, 0.5) is 10.1 Å². The number of aromatic nitrogens is 1. The highest BCUT2D eigenvalue weighted by molar-refractivity contribution is 6.12.